The van der Waals surface area contributed by atoms with E-state index in [9.17, 15) is 8.42 Å². The molecule has 0 saturated carbocycles. The number of nitrogens with one attached hydrogen (secondary N) is 1. The van der Waals surface area contributed by atoms with Gasteiger partial charge in [0.1, 0.15) is 0 Å². The molecule has 3 rings (SSSR count). The van der Waals surface area contributed by atoms with E-state index in [1.54, 1.807) is 4.31 Å². The molecule has 0 radical (unpaired) electrons. The third-order valence-electron chi connectivity index (χ3n) is 4.30. The molecule has 2 aromatic rings. The van der Waals surface area contributed by atoms with Crippen molar-refractivity contribution in [2.45, 2.75) is 19.0 Å². The maximum absolute atomic E-state index is 12.3. The Balaban J connectivity index is 1.95. The van der Waals surface area contributed by atoms with Crippen molar-refractivity contribution in [3.63, 3.8) is 0 Å². The van der Waals surface area contributed by atoms with E-state index in [1.165, 1.54) is 6.26 Å². The van der Waals surface area contributed by atoms with Crippen molar-refractivity contribution in [2.75, 3.05) is 19.3 Å². The molecule has 0 aromatic heterocycles. The molecule has 1 aliphatic heterocycles. The largest absolute Gasteiger partial charge is 0.315 e. The molecule has 1 N–H and O–H groups in total. The van der Waals surface area contributed by atoms with Gasteiger partial charge in [0.25, 0.3) is 0 Å². The highest BCUT2D eigenvalue weighted by Gasteiger charge is 2.29. The number of rotatable bonds is 5. The monoisotopic (exact) mass is 330 g/mol. The molecule has 23 heavy (non-hydrogen) atoms. The molecule has 0 bridgehead atoms. The Morgan fingerprint density at radius 3 is 2.43 bits per heavy atom. The molecule has 5 heteroatoms. The summed E-state index contributed by atoms with van der Waals surface area (Å²) in [6, 6.07) is 18.2. The van der Waals surface area contributed by atoms with Crippen LogP contribution in [0.3, 0.4) is 0 Å². The number of benzene rings is 2. The normalized spacial score (nSPS) is 18.4. The van der Waals surface area contributed by atoms with Gasteiger partial charge in [-0.25, -0.2) is 8.42 Å². The molecule has 1 saturated heterocycles. The van der Waals surface area contributed by atoms with Crippen LogP contribution in [0.4, 0.5) is 0 Å². The van der Waals surface area contributed by atoms with Gasteiger partial charge >= 0.3 is 0 Å². The summed E-state index contributed by atoms with van der Waals surface area (Å²) in [6.45, 7) is 2.01. The molecule has 122 valence electrons. The van der Waals surface area contributed by atoms with Crippen LogP contribution < -0.4 is 5.32 Å². The second-order valence-corrected chi connectivity index (χ2v) is 7.91. The first-order chi connectivity index (χ1) is 11.1. The van der Waals surface area contributed by atoms with Crippen LogP contribution in [-0.4, -0.2) is 38.1 Å². The minimum absolute atomic E-state index is 0.0360. The van der Waals surface area contributed by atoms with Crippen molar-refractivity contribution in [2.24, 2.45) is 0 Å². The zero-order chi connectivity index (χ0) is 16.3. The van der Waals surface area contributed by atoms with Crippen LogP contribution in [0.25, 0.3) is 11.1 Å². The predicted octanol–water partition coefficient (Wildman–Crippen LogP) is 2.48. The molecule has 2 aromatic carbocycles. The molecule has 0 amide bonds. The van der Waals surface area contributed by atoms with Crippen LogP contribution in [0.5, 0.6) is 0 Å². The van der Waals surface area contributed by atoms with E-state index >= 15 is 0 Å². The smallest absolute Gasteiger partial charge is 0.211 e. The first-order valence-corrected chi connectivity index (χ1v) is 9.71. The summed E-state index contributed by atoms with van der Waals surface area (Å²) >= 11 is 0. The van der Waals surface area contributed by atoms with E-state index in [4.69, 9.17) is 0 Å². The summed E-state index contributed by atoms with van der Waals surface area (Å²) in [6.07, 6.45) is 2.16. The van der Waals surface area contributed by atoms with E-state index in [2.05, 4.69) is 23.5 Å². The van der Waals surface area contributed by atoms with Gasteiger partial charge in [-0.05, 0) is 29.7 Å². The van der Waals surface area contributed by atoms with Gasteiger partial charge in [-0.1, -0.05) is 54.6 Å². The molecule has 0 unspecified atom stereocenters. The molecular formula is C18H22N2O2S. The van der Waals surface area contributed by atoms with Crippen molar-refractivity contribution in [1.82, 2.24) is 9.62 Å². The topological polar surface area (TPSA) is 49.4 Å². The van der Waals surface area contributed by atoms with Crippen LogP contribution in [0, 0.1) is 0 Å². The molecular weight excluding hydrogens is 308 g/mol. The lowest BCUT2D eigenvalue weighted by molar-refractivity contribution is 0.332. The maximum atomic E-state index is 12.3. The highest BCUT2D eigenvalue weighted by Crippen LogP contribution is 2.26. The summed E-state index contributed by atoms with van der Waals surface area (Å²) in [5.74, 6) is 0. The van der Waals surface area contributed by atoms with Gasteiger partial charge in [-0.15, -0.1) is 0 Å². The van der Waals surface area contributed by atoms with Gasteiger partial charge in [0.2, 0.25) is 10.0 Å². The molecule has 1 heterocycles. The summed E-state index contributed by atoms with van der Waals surface area (Å²) in [7, 11) is -3.25. The molecule has 1 aliphatic rings. The maximum Gasteiger partial charge on any atom is 0.211 e. The molecule has 4 nitrogen and oxygen atoms in total. The number of nitrogens with zero attached hydrogens (tertiary/aromatic N) is 1. The fourth-order valence-electron chi connectivity index (χ4n) is 3.13. The van der Waals surface area contributed by atoms with Gasteiger partial charge in [0.15, 0.2) is 0 Å². The van der Waals surface area contributed by atoms with Crippen LogP contribution in [0.15, 0.2) is 54.6 Å². The van der Waals surface area contributed by atoms with E-state index in [0.717, 1.165) is 36.2 Å². The Bertz CT molecular complexity index is 754. The standard InChI is InChI=1S/C18H22N2O2S/c1-23(21,22)20(17-11-12-19-13-17)14-16-9-5-6-10-18(16)15-7-3-2-4-8-15/h2-10,17,19H,11-14H2,1H3/t17-/m0/s1. The summed E-state index contributed by atoms with van der Waals surface area (Å²) in [5, 5.41) is 3.25. The predicted molar refractivity (Wildman–Crippen MR) is 93.5 cm³/mol. The van der Waals surface area contributed by atoms with Crippen LogP contribution in [0.2, 0.25) is 0 Å². The van der Waals surface area contributed by atoms with Crippen molar-refractivity contribution < 1.29 is 8.42 Å². The Labute approximate surface area is 138 Å². The Morgan fingerprint density at radius 1 is 1.09 bits per heavy atom. The van der Waals surface area contributed by atoms with Crippen molar-refractivity contribution in [3.05, 3.63) is 60.2 Å². The van der Waals surface area contributed by atoms with E-state index in [-0.39, 0.29) is 6.04 Å². The Kier molecular flexibility index (Phi) is 4.80. The van der Waals surface area contributed by atoms with Gasteiger partial charge in [-0.3, -0.25) is 0 Å². The van der Waals surface area contributed by atoms with Crippen LogP contribution in [-0.2, 0) is 16.6 Å². The number of sulfonamides is 1. The minimum atomic E-state index is -3.25. The SMILES string of the molecule is CS(=O)(=O)N(Cc1ccccc1-c1ccccc1)[C@H]1CCNC1. The van der Waals surface area contributed by atoms with Gasteiger partial charge in [0, 0.05) is 19.1 Å². The highest BCUT2D eigenvalue weighted by molar-refractivity contribution is 7.88. The first kappa shape index (κ1) is 16.2. The van der Waals surface area contributed by atoms with Gasteiger partial charge < -0.3 is 5.32 Å². The molecule has 1 atom stereocenters. The van der Waals surface area contributed by atoms with Crippen LogP contribution in [0.1, 0.15) is 12.0 Å². The Hall–Kier alpha value is -1.69. The summed E-state index contributed by atoms with van der Waals surface area (Å²) in [4.78, 5) is 0. The lowest BCUT2D eigenvalue weighted by atomic mass is 9.99. The third kappa shape index (κ3) is 3.80. The molecule has 0 spiro atoms. The fourth-order valence-corrected chi connectivity index (χ4v) is 4.22. The van der Waals surface area contributed by atoms with E-state index in [0.29, 0.717) is 6.54 Å². The quantitative estimate of drug-likeness (QED) is 0.916. The second kappa shape index (κ2) is 6.83. The van der Waals surface area contributed by atoms with Crippen LogP contribution >= 0.6 is 0 Å². The summed E-state index contributed by atoms with van der Waals surface area (Å²) < 4.78 is 26.2. The average molecular weight is 330 g/mol. The van der Waals surface area contributed by atoms with Crippen molar-refractivity contribution in [3.8, 4) is 11.1 Å². The second-order valence-electron chi connectivity index (χ2n) is 5.98. The van der Waals surface area contributed by atoms with Crippen molar-refractivity contribution in [1.29, 1.82) is 0 Å². The zero-order valence-corrected chi connectivity index (χ0v) is 14.1. The lowest BCUT2D eigenvalue weighted by Gasteiger charge is -2.27. The third-order valence-corrected chi connectivity index (χ3v) is 5.58. The first-order valence-electron chi connectivity index (χ1n) is 7.86. The van der Waals surface area contributed by atoms with E-state index in [1.807, 2.05) is 36.4 Å². The average Bonchev–Trinajstić information content (AvgIpc) is 3.06. The Morgan fingerprint density at radius 2 is 1.78 bits per heavy atom. The van der Waals surface area contributed by atoms with Crippen molar-refractivity contribution >= 4 is 10.0 Å². The lowest BCUT2D eigenvalue weighted by Crippen LogP contribution is -2.40. The fraction of sp³-hybridized carbons (Fsp3) is 0.333. The minimum Gasteiger partial charge on any atom is -0.315 e. The van der Waals surface area contributed by atoms with Gasteiger partial charge in [0.05, 0.1) is 6.26 Å². The van der Waals surface area contributed by atoms with Gasteiger partial charge in [-0.2, -0.15) is 4.31 Å². The number of hydrogen-bond acceptors (Lipinski definition) is 3. The number of hydrogen-bond donors (Lipinski definition) is 1. The molecule has 0 aliphatic carbocycles. The zero-order valence-electron chi connectivity index (χ0n) is 13.3. The highest BCUT2D eigenvalue weighted by atomic mass is 32.2. The summed E-state index contributed by atoms with van der Waals surface area (Å²) in [5.41, 5.74) is 3.24. The van der Waals surface area contributed by atoms with E-state index < -0.39 is 10.0 Å². The molecule has 1 fully saturated rings.